The summed E-state index contributed by atoms with van der Waals surface area (Å²) in [6.45, 7) is 4.60. The zero-order valence-corrected chi connectivity index (χ0v) is 9.10. The number of hydrogen-bond donors (Lipinski definition) is 2. The normalized spacial score (nSPS) is 11.9. The molecule has 1 atom stereocenters. The van der Waals surface area contributed by atoms with Crippen molar-refractivity contribution in [1.82, 2.24) is 5.43 Å². The van der Waals surface area contributed by atoms with Gasteiger partial charge in [0.15, 0.2) is 0 Å². The molecule has 0 aliphatic rings. The number of rotatable bonds is 4. The highest BCUT2D eigenvalue weighted by Gasteiger charge is 2.18. The largest absolute Gasteiger partial charge is 0.360 e. The molecule has 1 unspecified atom stereocenters. The van der Waals surface area contributed by atoms with Crippen LogP contribution in [-0.2, 0) is 4.79 Å². The quantitative estimate of drug-likeness (QED) is 0.438. The molecule has 0 saturated carbocycles. The summed E-state index contributed by atoms with van der Waals surface area (Å²) in [5, 5.41) is 0. The number of nitrogens with two attached hydrogens (primary N) is 1. The summed E-state index contributed by atoms with van der Waals surface area (Å²) in [5.41, 5.74) is 3.19. The van der Waals surface area contributed by atoms with Crippen LogP contribution in [0.1, 0.15) is 13.8 Å². The minimum absolute atomic E-state index is 0.180. The molecule has 82 valence electrons. The van der Waals surface area contributed by atoms with Crippen molar-refractivity contribution in [2.45, 2.75) is 19.9 Å². The number of benzene rings is 1. The standard InChI is InChI=1S/C11H17N3O/c1-3-14(9(2)11(15)13-12)10-7-5-4-6-8-10/h4-9H,3,12H2,1-2H3,(H,13,15). The molecule has 0 bridgehead atoms. The van der Waals surface area contributed by atoms with E-state index in [0.29, 0.717) is 0 Å². The van der Waals surface area contributed by atoms with Crippen molar-refractivity contribution in [3.63, 3.8) is 0 Å². The SMILES string of the molecule is CCN(c1ccccc1)C(C)C(=O)NN. The van der Waals surface area contributed by atoms with Crippen LogP contribution in [0.25, 0.3) is 0 Å². The molecule has 1 rings (SSSR count). The number of amides is 1. The highest BCUT2D eigenvalue weighted by molar-refractivity contribution is 5.84. The minimum Gasteiger partial charge on any atom is -0.360 e. The summed E-state index contributed by atoms with van der Waals surface area (Å²) >= 11 is 0. The zero-order valence-electron chi connectivity index (χ0n) is 9.10. The first-order valence-corrected chi connectivity index (χ1v) is 5.02. The molecule has 0 aliphatic carbocycles. The maximum atomic E-state index is 11.4. The van der Waals surface area contributed by atoms with E-state index in [2.05, 4.69) is 5.43 Å². The van der Waals surface area contributed by atoms with Crippen LogP contribution in [0.2, 0.25) is 0 Å². The highest BCUT2D eigenvalue weighted by Crippen LogP contribution is 2.15. The number of para-hydroxylation sites is 1. The molecule has 0 aliphatic heterocycles. The summed E-state index contributed by atoms with van der Waals surface area (Å²) in [6, 6.07) is 9.54. The van der Waals surface area contributed by atoms with Gasteiger partial charge in [0.2, 0.25) is 0 Å². The van der Waals surface area contributed by atoms with Crippen LogP contribution in [0.5, 0.6) is 0 Å². The molecule has 0 heterocycles. The predicted molar refractivity (Wildman–Crippen MR) is 61.3 cm³/mol. The third-order valence-electron chi connectivity index (χ3n) is 2.42. The molecule has 1 aromatic carbocycles. The number of hydrogen-bond acceptors (Lipinski definition) is 3. The van der Waals surface area contributed by atoms with Crippen molar-refractivity contribution < 1.29 is 4.79 Å². The van der Waals surface area contributed by atoms with E-state index >= 15 is 0 Å². The van der Waals surface area contributed by atoms with E-state index in [9.17, 15) is 4.79 Å². The summed E-state index contributed by atoms with van der Waals surface area (Å²) in [7, 11) is 0. The molecule has 0 spiro atoms. The van der Waals surface area contributed by atoms with Crippen molar-refractivity contribution in [2.24, 2.45) is 5.84 Å². The lowest BCUT2D eigenvalue weighted by molar-refractivity contribution is -0.122. The van der Waals surface area contributed by atoms with Gasteiger partial charge in [0.05, 0.1) is 0 Å². The van der Waals surface area contributed by atoms with Gasteiger partial charge < -0.3 is 4.90 Å². The molecule has 1 amide bonds. The molecule has 0 saturated heterocycles. The number of likely N-dealkylation sites (N-methyl/N-ethyl adjacent to an activating group) is 1. The molecule has 4 heteroatoms. The Balaban J connectivity index is 2.85. The summed E-state index contributed by atoms with van der Waals surface area (Å²) in [4.78, 5) is 13.4. The van der Waals surface area contributed by atoms with E-state index in [4.69, 9.17) is 5.84 Å². The highest BCUT2D eigenvalue weighted by atomic mass is 16.2. The van der Waals surface area contributed by atoms with Crippen molar-refractivity contribution >= 4 is 11.6 Å². The first-order valence-electron chi connectivity index (χ1n) is 5.02. The fraction of sp³-hybridized carbons (Fsp3) is 0.364. The number of anilines is 1. The molecular formula is C11H17N3O. The maximum Gasteiger partial charge on any atom is 0.256 e. The van der Waals surface area contributed by atoms with Crippen LogP contribution in [0.3, 0.4) is 0 Å². The number of nitrogens with one attached hydrogen (secondary N) is 1. The molecular weight excluding hydrogens is 190 g/mol. The van der Waals surface area contributed by atoms with Crippen LogP contribution in [0.4, 0.5) is 5.69 Å². The molecule has 1 aromatic rings. The Morgan fingerprint density at radius 1 is 1.47 bits per heavy atom. The van der Waals surface area contributed by atoms with Gasteiger partial charge in [-0.3, -0.25) is 10.2 Å². The third kappa shape index (κ3) is 2.70. The Kier molecular flexibility index (Phi) is 4.12. The van der Waals surface area contributed by atoms with Crippen molar-refractivity contribution in [1.29, 1.82) is 0 Å². The fourth-order valence-electron chi connectivity index (χ4n) is 1.56. The van der Waals surface area contributed by atoms with E-state index in [1.807, 2.05) is 49.1 Å². The van der Waals surface area contributed by atoms with Gasteiger partial charge in [0.25, 0.3) is 5.91 Å². The van der Waals surface area contributed by atoms with E-state index in [1.165, 1.54) is 0 Å². The van der Waals surface area contributed by atoms with Gasteiger partial charge in [-0.05, 0) is 26.0 Å². The van der Waals surface area contributed by atoms with E-state index in [-0.39, 0.29) is 11.9 Å². The Hall–Kier alpha value is -1.55. The first-order chi connectivity index (χ1) is 7.20. The van der Waals surface area contributed by atoms with Crippen molar-refractivity contribution in [3.8, 4) is 0 Å². The number of hydrazine groups is 1. The third-order valence-corrected chi connectivity index (χ3v) is 2.42. The smallest absolute Gasteiger partial charge is 0.256 e. The second-order valence-electron chi connectivity index (χ2n) is 3.31. The summed E-state index contributed by atoms with van der Waals surface area (Å²) in [6.07, 6.45) is 0. The van der Waals surface area contributed by atoms with Crippen LogP contribution in [-0.4, -0.2) is 18.5 Å². The molecule has 3 N–H and O–H groups in total. The first kappa shape index (κ1) is 11.5. The average Bonchev–Trinajstić information content (AvgIpc) is 2.30. The molecule has 15 heavy (non-hydrogen) atoms. The Bertz CT molecular complexity index is 313. The average molecular weight is 207 g/mol. The summed E-state index contributed by atoms with van der Waals surface area (Å²) in [5.74, 6) is 4.94. The van der Waals surface area contributed by atoms with Gasteiger partial charge >= 0.3 is 0 Å². The predicted octanol–water partition coefficient (Wildman–Crippen LogP) is 0.891. The second kappa shape index (κ2) is 5.36. The maximum absolute atomic E-state index is 11.4. The van der Waals surface area contributed by atoms with Crippen molar-refractivity contribution in [2.75, 3.05) is 11.4 Å². The van der Waals surface area contributed by atoms with Gasteiger partial charge in [-0.1, -0.05) is 18.2 Å². The molecule has 0 fully saturated rings. The zero-order chi connectivity index (χ0) is 11.3. The fourth-order valence-corrected chi connectivity index (χ4v) is 1.56. The number of carbonyl (C=O) groups excluding carboxylic acids is 1. The Morgan fingerprint density at radius 3 is 2.53 bits per heavy atom. The molecule has 0 aromatic heterocycles. The lowest BCUT2D eigenvalue weighted by atomic mass is 10.2. The lowest BCUT2D eigenvalue weighted by Gasteiger charge is -2.28. The van der Waals surface area contributed by atoms with Crippen LogP contribution in [0, 0.1) is 0 Å². The van der Waals surface area contributed by atoms with Gasteiger partial charge in [0, 0.05) is 12.2 Å². The van der Waals surface area contributed by atoms with E-state index in [0.717, 1.165) is 12.2 Å². The van der Waals surface area contributed by atoms with Crippen LogP contribution in [0.15, 0.2) is 30.3 Å². The minimum atomic E-state index is -0.262. The van der Waals surface area contributed by atoms with Crippen LogP contribution >= 0.6 is 0 Å². The summed E-state index contributed by atoms with van der Waals surface area (Å²) < 4.78 is 0. The Morgan fingerprint density at radius 2 is 2.07 bits per heavy atom. The Labute approximate surface area is 90.0 Å². The number of nitrogens with zero attached hydrogens (tertiary/aromatic N) is 1. The second-order valence-corrected chi connectivity index (χ2v) is 3.31. The number of carbonyl (C=O) groups is 1. The van der Waals surface area contributed by atoms with Gasteiger partial charge in [-0.2, -0.15) is 0 Å². The molecule has 4 nitrogen and oxygen atoms in total. The van der Waals surface area contributed by atoms with E-state index < -0.39 is 0 Å². The van der Waals surface area contributed by atoms with Gasteiger partial charge in [0.1, 0.15) is 6.04 Å². The topological polar surface area (TPSA) is 58.4 Å². The van der Waals surface area contributed by atoms with Gasteiger partial charge in [-0.15, -0.1) is 0 Å². The monoisotopic (exact) mass is 207 g/mol. The van der Waals surface area contributed by atoms with Crippen molar-refractivity contribution in [3.05, 3.63) is 30.3 Å². The van der Waals surface area contributed by atoms with Gasteiger partial charge in [-0.25, -0.2) is 5.84 Å². The molecule has 0 radical (unpaired) electrons. The van der Waals surface area contributed by atoms with E-state index in [1.54, 1.807) is 0 Å². The van der Waals surface area contributed by atoms with Crippen LogP contribution < -0.4 is 16.2 Å². The lowest BCUT2D eigenvalue weighted by Crippen LogP contribution is -2.47.